The van der Waals surface area contributed by atoms with Crippen molar-refractivity contribution in [1.82, 2.24) is 15.2 Å². The van der Waals surface area contributed by atoms with Gasteiger partial charge in [-0.15, -0.1) is 10.2 Å². The Morgan fingerprint density at radius 1 is 1.12 bits per heavy atom. The number of aryl methyl sites for hydroxylation is 1. The molecule has 0 spiro atoms. The van der Waals surface area contributed by atoms with E-state index >= 15 is 0 Å². The fourth-order valence-electron chi connectivity index (χ4n) is 2.77. The predicted molar refractivity (Wildman–Crippen MR) is 97.6 cm³/mol. The summed E-state index contributed by atoms with van der Waals surface area (Å²) in [5.41, 5.74) is 3.73. The molecule has 1 amide bonds. The molecule has 0 aliphatic heterocycles. The van der Waals surface area contributed by atoms with Gasteiger partial charge in [-0.25, -0.2) is 0 Å². The van der Waals surface area contributed by atoms with E-state index in [2.05, 4.69) is 25.4 Å². The van der Waals surface area contributed by atoms with Gasteiger partial charge in [-0.05, 0) is 18.6 Å². The van der Waals surface area contributed by atoms with Crippen molar-refractivity contribution in [2.75, 3.05) is 0 Å². The summed E-state index contributed by atoms with van der Waals surface area (Å²) in [7, 11) is 0. The first-order valence-corrected chi connectivity index (χ1v) is 8.00. The summed E-state index contributed by atoms with van der Waals surface area (Å²) >= 11 is 0. The molecule has 0 fully saturated rings. The number of rotatable bonds is 3. The van der Waals surface area contributed by atoms with Crippen molar-refractivity contribution >= 4 is 22.5 Å². The fraction of sp³-hybridized carbons (Fsp3) is 0.0526. The Balaban J connectivity index is 1.62. The molecule has 0 aliphatic carbocycles. The standard InChI is InChI=1S/C19H15N5O2/c1-11-6-5-9-13-16(11)20-19(26)17(13)23-24-18(25)15-10-14(21-22-15)12-7-3-2-4-8-12/h2-10,20,26H,1H3,(H,21,22). The van der Waals surface area contributed by atoms with Gasteiger partial charge in [0, 0.05) is 10.9 Å². The van der Waals surface area contributed by atoms with Gasteiger partial charge >= 0.3 is 5.91 Å². The predicted octanol–water partition coefficient (Wildman–Crippen LogP) is 4.50. The van der Waals surface area contributed by atoms with E-state index in [1.807, 2.05) is 49.4 Å². The van der Waals surface area contributed by atoms with Gasteiger partial charge in [-0.2, -0.15) is 5.10 Å². The Morgan fingerprint density at radius 3 is 2.73 bits per heavy atom. The highest BCUT2D eigenvalue weighted by Crippen LogP contribution is 2.36. The van der Waals surface area contributed by atoms with Gasteiger partial charge in [-0.1, -0.05) is 48.5 Å². The summed E-state index contributed by atoms with van der Waals surface area (Å²) < 4.78 is 0. The number of aromatic hydroxyl groups is 1. The van der Waals surface area contributed by atoms with E-state index in [0.29, 0.717) is 11.1 Å². The van der Waals surface area contributed by atoms with Gasteiger partial charge < -0.3 is 10.1 Å². The number of aromatic amines is 2. The smallest absolute Gasteiger partial charge is 0.313 e. The van der Waals surface area contributed by atoms with Crippen molar-refractivity contribution in [3.05, 3.63) is 65.9 Å². The molecular formula is C19H15N5O2. The molecule has 0 saturated heterocycles. The van der Waals surface area contributed by atoms with Crippen LogP contribution in [0.2, 0.25) is 0 Å². The number of carbonyl (C=O) groups is 1. The molecular weight excluding hydrogens is 330 g/mol. The number of benzene rings is 2. The maximum Gasteiger partial charge on any atom is 0.313 e. The Labute approximate surface area is 148 Å². The molecule has 128 valence electrons. The van der Waals surface area contributed by atoms with Crippen molar-refractivity contribution in [2.24, 2.45) is 10.2 Å². The van der Waals surface area contributed by atoms with Crippen LogP contribution in [-0.2, 0) is 0 Å². The first-order chi connectivity index (χ1) is 12.6. The van der Waals surface area contributed by atoms with E-state index < -0.39 is 5.91 Å². The molecule has 2 aromatic carbocycles. The largest absolute Gasteiger partial charge is 0.493 e. The van der Waals surface area contributed by atoms with Crippen LogP contribution in [0.4, 0.5) is 5.69 Å². The van der Waals surface area contributed by atoms with Crippen molar-refractivity contribution < 1.29 is 9.90 Å². The molecule has 2 heterocycles. The molecule has 0 unspecified atom stereocenters. The zero-order valence-corrected chi connectivity index (χ0v) is 13.9. The van der Waals surface area contributed by atoms with Crippen LogP contribution in [0.3, 0.4) is 0 Å². The quantitative estimate of drug-likeness (QED) is 0.476. The molecule has 0 saturated carbocycles. The van der Waals surface area contributed by atoms with E-state index in [0.717, 1.165) is 16.6 Å². The van der Waals surface area contributed by atoms with Crippen LogP contribution >= 0.6 is 0 Å². The van der Waals surface area contributed by atoms with E-state index in [1.54, 1.807) is 12.1 Å². The number of aromatic nitrogens is 3. The lowest BCUT2D eigenvalue weighted by Crippen LogP contribution is -1.93. The second-order valence-electron chi connectivity index (χ2n) is 5.86. The number of hydrogen-bond donors (Lipinski definition) is 3. The topological polar surface area (TPSA) is 106 Å². The third-order valence-corrected chi connectivity index (χ3v) is 4.11. The van der Waals surface area contributed by atoms with E-state index in [4.69, 9.17) is 0 Å². The van der Waals surface area contributed by atoms with Crippen LogP contribution in [0.5, 0.6) is 5.88 Å². The highest BCUT2D eigenvalue weighted by molar-refractivity contribution is 5.97. The number of fused-ring (bicyclic) bond motifs is 1. The normalized spacial score (nSPS) is 11.4. The summed E-state index contributed by atoms with van der Waals surface area (Å²) in [6.07, 6.45) is 0. The Hall–Kier alpha value is -3.74. The van der Waals surface area contributed by atoms with Gasteiger partial charge in [0.1, 0.15) is 5.69 Å². The third kappa shape index (κ3) is 2.75. The highest BCUT2D eigenvalue weighted by atomic mass is 16.3. The summed E-state index contributed by atoms with van der Waals surface area (Å²) in [5, 5.41) is 25.2. The summed E-state index contributed by atoms with van der Waals surface area (Å²) in [4.78, 5) is 15.1. The average Bonchev–Trinajstić information content (AvgIpc) is 3.26. The lowest BCUT2D eigenvalue weighted by atomic mass is 10.1. The van der Waals surface area contributed by atoms with Crippen LogP contribution in [0.1, 0.15) is 16.1 Å². The van der Waals surface area contributed by atoms with Crippen molar-refractivity contribution in [3.8, 4) is 17.1 Å². The first-order valence-electron chi connectivity index (χ1n) is 8.00. The molecule has 2 aromatic heterocycles. The third-order valence-electron chi connectivity index (χ3n) is 4.11. The Kier molecular flexibility index (Phi) is 3.81. The molecule has 3 N–H and O–H groups in total. The summed E-state index contributed by atoms with van der Waals surface area (Å²) in [6.45, 7) is 1.92. The maximum atomic E-state index is 12.3. The Bertz CT molecular complexity index is 1130. The zero-order valence-electron chi connectivity index (χ0n) is 13.9. The van der Waals surface area contributed by atoms with Crippen LogP contribution in [0.25, 0.3) is 22.2 Å². The number of carbonyl (C=O) groups excluding carboxylic acids is 1. The number of para-hydroxylation sites is 1. The molecule has 0 bridgehead atoms. The van der Waals surface area contributed by atoms with Gasteiger partial charge in [0.15, 0.2) is 5.69 Å². The lowest BCUT2D eigenvalue weighted by Gasteiger charge is -1.94. The number of hydrogen-bond acceptors (Lipinski definition) is 4. The minimum absolute atomic E-state index is 0.125. The maximum absolute atomic E-state index is 12.3. The minimum Gasteiger partial charge on any atom is -0.493 e. The number of amides is 1. The van der Waals surface area contributed by atoms with Gasteiger partial charge in [0.2, 0.25) is 5.88 Å². The number of nitrogens with one attached hydrogen (secondary N) is 2. The Morgan fingerprint density at radius 2 is 1.92 bits per heavy atom. The fourth-order valence-corrected chi connectivity index (χ4v) is 2.77. The SMILES string of the molecule is Cc1cccc2c(N=NC(=O)c3cc(-c4ccccc4)n[nH]3)c(O)[nH]c12. The van der Waals surface area contributed by atoms with Crippen molar-refractivity contribution in [3.63, 3.8) is 0 Å². The molecule has 0 radical (unpaired) electrons. The van der Waals surface area contributed by atoms with Crippen LogP contribution < -0.4 is 0 Å². The summed E-state index contributed by atoms with van der Waals surface area (Å²) in [6, 6.07) is 16.7. The van der Waals surface area contributed by atoms with Crippen LogP contribution in [-0.4, -0.2) is 26.2 Å². The van der Waals surface area contributed by atoms with Crippen molar-refractivity contribution in [2.45, 2.75) is 6.92 Å². The molecule has 0 atom stereocenters. The molecule has 26 heavy (non-hydrogen) atoms. The second kappa shape index (κ2) is 6.29. The monoisotopic (exact) mass is 345 g/mol. The van der Waals surface area contributed by atoms with E-state index in [-0.39, 0.29) is 17.3 Å². The average molecular weight is 345 g/mol. The van der Waals surface area contributed by atoms with Gasteiger partial charge in [-0.3, -0.25) is 9.89 Å². The number of nitrogens with zero attached hydrogens (tertiary/aromatic N) is 3. The summed E-state index contributed by atoms with van der Waals surface area (Å²) in [5.74, 6) is -0.693. The minimum atomic E-state index is -0.568. The van der Waals surface area contributed by atoms with E-state index in [1.165, 1.54) is 0 Å². The molecule has 0 aliphatic rings. The highest BCUT2D eigenvalue weighted by Gasteiger charge is 2.14. The van der Waals surface area contributed by atoms with Crippen LogP contribution in [0, 0.1) is 6.92 Å². The molecule has 7 heteroatoms. The van der Waals surface area contributed by atoms with E-state index in [9.17, 15) is 9.90 Å². The molecule has 4 aromatic rings. The molecule has 4 rings (SSSR count). The van der Waals surface area contributed by atoms with Crippen LogP contribution in [0.15, 0.2) is 64.8 Å². The first kappa shape index (κ1) is 15.8. The van der Waals surface area contributed by atoms with Crippen molar-refractivity contribution in [1.29, 1.82) is 0 Å². The zero-order chi connectivity index (χ0) is 18.1. The lowest BCUT2D eigenvalue weighted by molar-refractivity contribution is 0.0990. The molecule has 7 nitrogen and oxygen atoms in total. The number of H-pyrrole nitrogens is 2. The van der Waals surface area contributed by atoms with Gasteiger partial charge in [0.25, 0.3) is 0 Å². The second-order valence-corrected chi connectivity index (χ2v) is 5.86. The number of azo groups is 1. The van der Waals surface area contributed by atoms with Gasteiger partial charge in [0.05, 0.1) is 11.2 Å².